The van der Waals surface area contributed by atoms with Crippen molar-refractivity contribution in [3.05, 3.63) is 35.4 Å². The lowest BCUT2D eigenvalue weighted by Crippen LogP contribution is -2.48. The van der Waals surface area contributed by atoms with Gasteiger partial charge in [-0.25, -0.2) is 14.8 Å². The number of amidine groups is 1. The maximum atomic E-state index is 11.4. The Kier molecular flexibility index (Phi) is 2.71. The van der Waals surface area contributed by atoms with E-state index in [-0.39, 0.29) is 6.03 Å². The van der Waals surface area contributed by atoms with Crippen molar-refractivity contribution in [1.29, 1.82) is 0 Å². The number of carbonyl (C=O) groups is 1. The summed E-state index contributed by atoms with van der Waals surface area (Å²) in [5.41, 5.74) is 5.62. The minimum atomic E-state index is -0.276. The van der Waals surface area contributed by atoms with E-state index < -0.39 is 0 Å². The summed E-state index contributed by atoms with van der Waals surface area (Å²) in [6.45, 7) is 0. The lowest BCUT2D eigenvalue weighted by molar-refractivity contribution is 0.155. The number of hydrogen-bond acceptors (Lipinski definition) is 2. The molecule has 0 aliphatic carbocycles. The zero-order chi connectivity index (χ0) is 12.4. The minimum Gasteiger partial charge on any atom is -0.244 e. The molecule has 0 atom stereocenters. The van der Waals surface area contributed by atoms with Crippen LogP contribution in [0.1, 0.15) is 11.1 Å². The summed E-state index contributed by atoms with van der Waals surface area (Å²) < 4.78 is 0. The quantitative estimate of drug-likeness (QED) is 0.656. The molecule has 0 spiro atoms. The van der Waals surface area contributed by atoms with Crippen LogP contribution >= 0.6 is 0 Å². The third-order valence-electron chi connectivity index (χ3n) is 2.33. The van der Waals surface area contributed by atoms with E-state index in [1.807, 2.05) is 18.2 Å². The van der Waals surface area contributed by atoms with Crippen LogP contribution in [0, 0.1) is 12.3 Å². The number of nitrogens with zero attached hydrogens (tertiary/aromatic N) is 4. The zero-order valence-corrected chi connectivity index (χ0v) is 9.58. The molecular weight excluding hydrogens is 216 g/mol. The van der Waals surface area contributed by atoms with Gasteiger partial charge in [-0.1, -0.05) is 18.1 Å². The first-order valence-electron chi connectivity index (χ1n) is 5.00. The number of urea groups is 1. The Morgan fingerprint density at radius 3 is 2.71 bits per heavy atom. The first-order valence-corrected chi connectivity index (χ1v) is 5.00. The highest BCUT2D eigenvalue weighted by Crippen LogP contribution is 2.10. The van der Waals surface area contributed by atoms with Gasteiger partial charge in [-0.3, -0.25) is 0 Å². The number of carbonyl (C=O) groups excluding carboxylic acids is 1. The van der Waals surface area contributed by atoms with Gasteiger partial charge in [0.2, 0.25) is 0 Å². The number of rotatable bonds is 1. The zero-order valence-electron chi connectivity index (χ0n) is 9.58. The Balaban J connectivity index is 2.38. The molecule has 2 amide bonds. The molecule has 1 aliphatic heterocycles. The van der Waals surface area contributed by atoms with Crippen molar-refractivity contribution >= 4 is 11.9 Å². The summed E-state index contributed by atoms with van der Waals surface area (Å²) in [5, 5.41) is 6.56. The third-order valence-corrected chi connectivity index (χ3v) is 2.33. The van der Waals surface area contributed by atoms with E-state index in [9.17, 15) is 4.79 Å². The third kappa shape index (κ3) is 2.06. The summed E-state index contributed by atoms with van der Waals surface area (Å²) in [4.78, 5) is 11.4. The summed E-state index contributed by atoms with van der Waals surface area (Å²) in [6.07, 6.45) is 5.33. The van der Waals surface area contributed by atoms with Crippen LogP contribution in [0.25, 0.3) is 0 Å². The van der Waals surface area contributed by atoms with E-state index >= 15 is 0 Å². The highest BCUT2D eigenvalue weighted by atomic mass is 16.2. The van der Waals surface area contributed by atoms with E-state index in [4.69, 9.17) is 6.42 Å². The fraction of sp³-hybridized carbons (Fsp3) is 0.167. The Morgan fingerprint density at radius 2 is 2.06 bits per heavy atom. The molecule has 0 N–H and O–H groups in total. The molecule has 17 heavy (non-hydrogen) atoms. The molecule has 0 unspecified atom stereocenters. The summed E-state index contributed by atoms with van der Waals surface area (Å²) in [7, 11) is 3.16. The first kappa shape index (κ1) is 11.0. The second-order valence-corrected chi connectivity index (χ2v) is 3.58. The van der Waals surface area contributed by atoms with Crippen molar-refractivity contribution in [3.8, 4) is 12.3 Å². The molecule has 0 aromatic heterocycles. The van der Waals surface area contributed by atoms with Crippen LogP contribution in [-0.2, 0) is 0 Å². The lowest BCUT2D eigenvalue weighted by atomic mass is 10.1. The normalized spacial score (nSPS) is 15.1. The van der Waals surface area contributed by atoms with Crippen molar-refractivity contribution in [2.24, 2.45) is 5.10 Å². The van der Waals surface area contributed by atoms with Crippen molar-refractivity contribution in [3.63, 3.8) is 0 Å². The molecule has 0 saturated heterocycles. The number of benzene rings is 1. The van der Waals surface area contributed by atoms with Crippen LogP contribution in [0.3, 0.4) is 0 Å². The largest absolute Gasteiger partial charge is 0.360 e. The second kappa shape index (κ2) is 4.18. The van der Waals surface area contributed by atoms with E-state index in [0.717, 1.165) is 11.1 Å². The molecule has 1 heterocycles. The second-order valence-electron chi connectivity index (χ2n) is 3.58. The molecule has 0 fully saturated rings. The van der Waals surface area contributed by atoms with E-state index in [1.54, 1.807) is 20.2 Å². The molecule has 1 aromatic rings. The predicted octanol–water partition coefficient (Wildman–Crippen LogP) is 0.846. The molecule has 0 saturated carbocycles. The highest BCUT2D eigenvalue weighted by molar-refractivity contribution is 6.01. The standard InChI is InChI=1S/C12H11N4O/c1-4-9-6-5-7-10(8-9)11-13-15(2)12(17)16(3)14-11/h1,5-8H,2-3H3. The maximum absolute atomic E-state index is 11.4. The van der Waals surface area contributed by atoms with Gasteiger partial charge in [-0.15, -0.1) is 17.0 Å². The predicted molar refractivity (Wildman–Crippen MR) is 64.0 cm³/mol. The van der Waals surface area contributed by atoms with E-state index in [0.29, 0.717) is 5.84 Å². The van der Waals surface area contributed by atoms with Crippen LogP contribution in [0.5, 0.6) is 0 Å². The van der Waals surface area contributed by atoms with Crippen molar-refractivity contribution in [2.75, 3.05) is 14.1 Å². The minimum absolute atomic E-state index is 0.276. The fourth-order valence-electron chi connectivity index (χ4n) is 1.46. The van der Waals surface area contributed by atoms with Crippen LogP contribution < -0.4 is 5.43 Å². The Labute approximate surface area is 99.7 Å². The summed E-state index contributed by atoms with van der Waals surface area (Å²) in [5.74, 6) is 3.01. The van der Waals surface area contributed by atoms with E-state index in [1.165, 1.54) is 10.0 Å². The van der Waals surface area contributed by atoms with Gasteiger partial charge >= 0.3 is 6.03 Å². The summed E-state index contributed by atoms with van der Waals surface area (Å²) >= 11 is 0. The molecule has 1 aliphatic rings. The summed E-state index contributed by atoms with van der Waals surface area (Å²) in [6, 6.07) is 7.03. The van der Waals surface area contributed by atoms with Crippen molar-refractivity contribution < 1.29 is 4.79 Å². The van der Waals surface area contributed by atoms with E-state index in [2.05, 4.69) is 16.4 Å². The Hall–Kier alpha value is -2.48. The van der Waals surface area contributed by atoms with Gasteiger partial charge in [0.15, 0.2) is 5.84 Å². The molecule has 2 rings (SSSR count). The number of hydrogen-bond donors (Lipinski definition) is 0. The van der Waals surface area contributed by atoms with Gasteiger partial charge in [0.05, 0.1) is 0 Å². The number of terminal acetylenes is 1. The molecule has 1 aromatic carbocycles. The SMILES string of the molecule is C#Cc1cccc(C2=NN(C)C(=O)N(C)[N]2)c1. The highest BCUT2D eigenvalue weighted by Gasteiger charge is 2.24. The Morgan fingerprint density at radius 1 is 1.29 bits per heavy atom. The number of amides is 2. The average molecular weight is 227 g/mol. The maximum Gasteiger partial charge on any atom is 0.360 e. The van der Waals surface area contributed by atoms with Crippen molar-refractivity contribution in [2.45, 2.75) is 0 Å². The molecule has 5 nitrogen and oxygen atoms in total. The Bertz CT molecular complexity index is 530. The number of hydrazone groups is 1. The van der Waals surface area contributed by atoms with Gasteiger partial charge in [-0.05, 0) is 12.1 Å². The molecule has 85 valence electrons. The van der Waals surface area contributed by atoms with Crippen LogP contribution in [0.2, 0.25) is 0 Å². The topological polar surface area (TPSA) is 50.0 Å². The lowest BCUT2D eigenvalue weighted by Gasteiger charge is -2.26. The van der Waals surface area contributed by atoms with Gasteiger partial charge in [0.1, 0.15) is 0 Å². The monoisotopic (exact) mass is 227 g/mol. The van der Waals surface area contributed by atoms with Gasteiger partial charge in [0.25, 0.3) is 0 Å². The molecular formula is C12H11N4O. The van der Waals surface area contributed by atoms with Crippen LogP contribution in [0.4, 0.5) is 4.79 Å². The smallest absolute Gasteiger partial charge is 0.244 e. The molecule has 0 bridgehead atoms. The van der Waals surface area contributed by atoms with Crippen molar-refractivity contribution in [1.82, 2.24) is 15.4 Å². The van der Waals surface area contributed by atoms with Crippen LogP contribution in [-0.4, -0.2) is 36.0 Å². The fourth-order valence-corrected chi connectivity index (χ4v) is 1.46. The van der Waals surface area contributed by atoms with Gasteiger partial charge in [0, 0.05) is 25.2 Å². The van der Waals surface area contributed by atoms with Crippen LogP contribution in [0.15, 0.2) is 29.4 Å². The molecule has 5 heteroatoms. The van der Waals surface area contributed by atoms with Gasteiger partial charge < -0.3 is 0 Å². The molecule has 1 radical (unpaired) electrons. The first-order chi connectivity index (χ1) is 8.11. The average Bonchev–Trinajstić information content (AvgIpc) is 2.35. The van der Waals surface area contributed by atoms with Gasteiger partial charge in [-0.2, -0.15) is 0 Å².